The van der Waals surface area contributed by atoms with E-state index in [4.69, 9.17) is 0 Å². The molecule has 0 N–H and O–H groups in total. The quantitative estimate of drug-likeness (QED) is 0.774. The van der Waals surface area contributed by atoms with Crippen molar-refractivity contribution < 1.29 is 4.79 Å². The molecule has 19 heavy (non-hydrogen) atoms. The third kappa shape index (κ3) is 3.34. The Balaban J connectivity index is 1.99. The second-order valence-corrected chi connectivity index (χ2v) is 5.65. The van der Waals surface area contributed by atoms with Crippen molar-refractivity contribution in [3.8, 4) is 0 Å². The van der Waals surface area contributed by atoms with Crippen LogP contribution in [0, 0.1) is 5.92 Å². The summed E-state index contributed by atoms with van der Waals surface area (Å²) in [6, 6.07) is 4.43. The molecule has 1 heterocycles. The van der Waals surface area contributed by atoms with Crippen LogP contribution in [0.2, 0.25) is 0 Å². The molecule has 0 unspecified atom stereocenters. The molecule has 0 amide bonds. The number of nitrogens with zero attached hydrogens (tertiary/aromatic N) is 2. The molecule has 1 fully saturated rings. The normalized spacial score (nSPS) is 23.1. The fourth-order valence-corrected chi connectivity index (χ4v) is 2.93. The average Bonchev–Trinajstić information content (AvgIpc) is 2.46. The molecule has 0 saturated heterocycles. The maximum atomic E-state index is 11.2. The highest BCUT2D eigenvalue weighted by Crippen LogP contribution is 2.30. The summed E-state index contributed by atoms with van der Waals surface area (Å²) < 4.78 is 0. The minimum absolute atomic E-state index is 0.0742. The molecule has 1 aliphatic carbocycles. The summed E-state index contributed by atoms with van der Waals surface area (Å²) >= 11 is 0. The predicted molar refractivity (Wildman–Crippen MR) is 78.7 cm³/mol. The molecular formula is C16H24N2O. The van der Waals surface area contributed by atoms with Gasteiger partial charge in [-0.3, -0.25) is 4.79 Å². The molecule has 0 radical (unpaired) electrons. The van der Waals surface area contributed by atoms with E-state index in [-0.39, 0.29) is 5.78 Å². The first-order valence-corrected chi connectivity index (χ1v) is 7.31. The van der Waals surface area contributed by atoms with Gasteiger partial charge in [0, 0.05) is 24.8 Å². The van der Waals surface area contributed by atoms with Gasteiger partial charge >= 0.3 is 0 Å². The van der Waals surface area contributed by atoms with E-state index < -0.39 is 0 Å². The van der Waals surface area contributed by atoms with E-state index in [0.29, 0.717) is 11.6 Å². The number of pyridine rings is 1. The molecule has 3 nitrogen and oxygen atoms in total. The van der Waals surface area contributed by atoms with E-state index >= 15 is 0 Å². The van der Waals surface area contributed by atoms with Crippen molar-refractivity contribution in [2.24, 2.45) is 5.92 Å². The van der Waals surface area contributed by atoms with Crippen molar-refractivity contribution in [3.63, 3.8) is 0 Å². The highest BCUT2D eigenvalue weighted by molar-refractivity contribution is 5.93. The van der Waals surface area contributed by atoms with Crippen molar-refractivity contribution >= 4 is 11.6 Å². The maximum Gasteiger partial charge on any atom is 0.161 e. The van der Waals surface area contributed by atoms with E-state index in [9.17, 15) is 4.79 Å². The van der Waals surface area contributed by atoms with Crippen LogP contribution in [-0.2, 0) is 0 Å². The minimum Gasteiger partial charge on any atom is -0.357 e. The second kappa shape index (κ2) is 6.18. The molecule has 1 aliphatic rings. The van der Waals surface area contributed by atoms with Crippen molar-refractivity contribution in [3.05, 3.63) is 23.9 Å². The molecule has 2 rings (SSSR count). The van der Waals surface area contributed by atoms with Gasteiger partial charge in [-0.25, -0.2) is 4.98 Å². The molecule has 0 bridgehead atoms. The van der Waals surface area contributed by atoms with Gasteiger partial charge in [-0.1, -0.05) is 13.3 Å². The minimum atomic E-state index is 0.0742. The number of ketones is 1. The lowest BCUT2D eigenvalue weighted by Crippen LogP contribution is -2.35. The summed E-state index contributed by atoms with van der Waals surface area (Å²) in [6.07, 6.45) is 8.16. The van der Waals surface area contributed by atoms with E-state index in [1.807, 2.05) is 12.1 Å². The number of anilines is 1. The van der Waals surface area contributed by atoms with Gasteiger partial charge in [0.25, 0.3) is 0 Å². The summed E-state index contributed by atoms with van der Waals surface area (Å²) in [7, 11) is 2.12. The Kier molecular flexibility index (Phi) is 4.56. The Morgan fingerprint density at radius 1 is 1.32 bits per heavy atom. The van der Waals surface area contributed by atoms with Crippen LogP contribution in [0.25, 0.3) is 0 Å². The van der Waals surface area contributed by atoms with Gasteiger partial charge in [0.15, 0.2) is 5.78 Å². The summed E-state index contributed by atoms with van der Waals surface area (Å²) in [5.41, 5.74) is 0.687. The summed E-state index contributed by atoms with van der Waals surface area (Å²) in [5.74, 6) is 1.97. The molecule has 0 atom stereocenters. The zero-order chi connectivity index (χ0) is 13.8. The SMILES string of the molecule is CCC1CCC(N(C)c2ccc(C(C)=O)cn2)CC1. The van der Waals surface area contributed by atoms with E-state index in [1.165, 1.54) is 32.1 Å². The lowest BCUT2D eigenvalue weighted by Gasteiger charge is -2.35. The lowest BCUT2D eigenvalue weighted by molar-refractivity contribution is 0.101. The lowest BCUT2D eigenvalue weighted by atomic mass is 9.84. The Morgan fingerprint density at radius 3 is 2.47 bits per heavy atom. The van der Waals surface area contributed by atoms with Crippen molar-refractivity contribution in [2.75, 3.05) is 11.9 Å². The first-order valence-electron chi connectivity index (χ1n) is 7.31. The Bertz CT molecular complexity index is 419. The monoisotopic (exact) mass is 260 g/mol. The first-order chi connectivity index (χ1) is 9.11. The van der Waals surface area contributed by atoms with E-state index in [0.717, 1.165) is 11.7 Å². The second-order valence-electron chi connectivity index (χ2n) is 5.65. The fraction of sp³-hybridized carbons (Fsp3) is 0.625. The number of hydrogen-bond acceptors (Lipinski definition) is 3. The van der Waals surface area contributed by atoms with Crippen LogP contribution in [0.5, 0.6) is 0 Å². The van der Waals surface area contributed by atoms with Crippen molar-refractivity contribution in [2.45, 2.75) is 52.0 Å². The fourth-order valence-electron chi connectivity index (χ4n) is 2.93. The van der Waals surface area contributed by atoms with Gasteiger partial charge in [0.05, 0.1) is 0 Å². The molecule has 1 aromatic heterocycles. The van der Waals surface area contributed by atoms with Crippen LogP contribution in [-0.4, -0.2) is 23.9 Å². The third-order valence-corrected chi connectivity index (χ3v) is 4.46. The van der Waals surface area contributed by atoms with Gasteiger partial charge < -0.3 is 4.90 Å². The van der Waals surface area contributed by atoms with Crippen LogP contribution in [0.4, 0.5) is 5.82 Å². The van der Waals surface area contributed by atoms with Crippen molar-refractivity contribution in [1.82, 2.24) is 4.98 Å². The van der Waals surface area contributed by atoms with Gasteiger partial charge in [-0.2, -0.15) is 0 Å². The van der Waals surface area contributed by atoms with E-state index in [2.05, 4.69) is 23.9 Å². The van der Waals surface area contributed by atoms with Gasteiger partial charge in [0.1, 0.15) is 5.82 Å². The van der Waals surface area contributed by atoms with Crippen LogP contribution in [0.1, 0.15) is 56.3 Å². The van der Waals surface area contributed by atoms with E-state index in [1.54, 1.807) is 13.1 Å². The molecule has 1 saturated carbocycles. The molecule has 104 valence electrons. The smallest absolute Gasteiger partial charge is 0.161 e. The molecule has 0 aliphatic heterocycles. The molecule has 3 heteroatoms. The van der Waals surface area contributed by atoms with Crippen LogP contribution < -0.4 is 4.90 Å². The summed E-state index contributed by atoms with van der Waals surface area (Å²) in [6.45, 7) is 3.86. The first kappa shape index (κ1) is 14.0. The standard InChI is InChI=1S/C16H24N2O/c1-4-13-5-8-15(9-6-13)18(3)16-10-7-14(11-17-16)12(2)19/h7,10-11,13,15H,4-6,8-9H2,1-3H3. The highest BCUT2D eigenvalue weighted by Gasteiger charge is 2.23. The Hall–Kier alpha value is -1.38. The molecule has 1 aromatic rings. The third-order valence-electron chi connectivity index (χ3n) is 4.46. The highest BCUT2D eigenvalue weighted by atomic mass is 16.1. The van der Waals surface area contributed by atoms with Gasteiger partial charge in [-0.05, 0) is 50.7 Å². The van der Waals surface area contributed by atoms with Crippen LogP contribution >= 0.6 is 0 Å². The Labute approximate surface area is 116 Å². The number of rotatable bonds is 4. The predicted octanol–water partition coefficient (Wildman–Crippen LogP) is 3.69. The average molecular weight is 260 g/mol. The van der Waals surface area contributed by atoms with Crippen LogP contribution in [0.3, 0.4) is 0 Å². The number of Topliss-reactive ketones (excluding diaryl/α,β-unsaturated/α-hetero) is 1. The zero-order valence-electron chi connectivity index (χ0n) is 12.2. The molecule has 0 aromatic carbocycles. The topological polar surface area (TPSA) is 33.2 Å². The van der Waals surface area contributed by atoms with Crippen molar-refractivity contribution in [1.29, 1.82) is 0 Å². The number of carbonyl (C=O) groups excluding carboxylic acids is 1. The number of aromatic nitrogens is 1. The van der Waals surface area contributed by atoms with Gasteiger partial charge in [-0.15, -0.1) is 0 Å². The Morgan fingerprint density at radius 2 is 2.00 bits per heavy atom. The molecule has 0 spiro atoms. The maximum absolute atomic E-state index is 11.2. The van der Waals surface area contributed by atoms with Crippen LogP contribution in [0.15, 0.2) is 18.3 Å². The number of hydrogen-bond donors (Lipinski definition) is 0. The zero-order valence-corrected chi connectivity index (χ0v) is 12.2. The largest absolute Gasteiger partial charge is 0.357 e. The van der Waals surface area contributed by atoms with Gasteiger partial charge in [0.2, 0.25) is 0 Å². The molecular weight excluding hydrogens is 236 g/mol. The summed E-state index contributed by atoms with van der Waals surface area (Å²) in [5, 5.41) is 0. The number of carbonyl (C=O) groups is 1. The summed E-state index contributed by atoms with van der Waals surface area (Å²) in [4.78, 5) is 17.9.